The van der Waals surface area contributed by atoms with E-state index in [9.17, 15) is 4.79 Å². The molecular formula is C25H50O2. The Bertz CT molecular complexity index is 301. The third kappa shape index (κ3) is 21.6. The topological polar surface area (TPSA) is 37.3 Å². The van der Waals surface area contributed by atoms with Crippen molar-refractivity contribution in [1.29, 1.82) is 0 Å². The molecule has 0 aliphatic carbocycles. The third-order valence-electron chi connectivity index (χ3n) is 5.93. The van der Waals surface area contributed by atoms with Crippen LogP contribution in [0.2, 0.25) is 0 Å². The first-order valence-electron chi connectivity index (χ1n) is 12.4. The van der Waals surface area contributed by atoms with Crippen molar-refractivity contribution in [2.45, 2.75) is 149 Å². The first-order chi connectivity index (χ1) is 13.2. The van der Waals surface area contributed by atoms with E-state index in [0.29, 0.717) is 6.42 Å². The summed E-state index contributed by atoms with van der Waals surface area (Å²) in [5.41, 5.74) is 0. The van der Waals surface area contributed by atoms with E-state index >= 15 is 0 Å². The molecule has 0 radical (unpaired) electrons. The summed E-state index contributed by atoms with van der Waals surface area (Å²) in [5, 5.41) is 8.88. The van der Waals surface area contributed by atoms with Gasteiger partial charge in [-0.1, -0.05) is 129 Å². The van der Waals surface area contributed by atoms with Gasteiger partial charge in [0.1, 0.15) is 0 Å². The predicted octanol–water partition coefficient (Wildman–Crippen LogP) is 8.92. The van der Waals surface area contributed by atoms with Crippen molar-refractivity contribution in [3.8, 4) is 0 Å². The molecule has 0 fully saturated rings. The summed E-state index contributed by atoms with van der Waals surface area (Å²) in [7, 11) is 0. The highest BCUT2D eigenvalue weighted by molar-refractivity contribution is 5.66. The quantitative estimate of drug-likeness (QED) is 0.190. The summed E-state index contributed by atoms with van der Waals surface area (Å²) in [6, 6.07) is 0. The number of hydrogen-bond donors (Lipinski definition) is 1. The van der Waals surface area contributed by atoms with Crippen LogP contribution >= 0.6 is 0 Å². The molecule has 0 heterocycles. The molecule has 0 aliphatic rings. The van der Waals surface area contributed by atoms with E-state index < -0.39 is 5.97 Å². The lowest BCUT2D eigenvalue weighted by Gasteiger charge is -2.16. The minimum Gasteiger partial charge on any atom is -0.481 e. The standard InChI is InChI=1S/C25H50O2/c1-3-5-7-9-10-11-12-13-14-16-18-21-24(22-19-23-25(26)27)20-17-15-8-6-4-2/h24H,3-23H2,1-2H3,(H,26,27). The normalized spacial score (nSPS) is 12.4. The van der Waals surface area contributed by atoms with E-state index in [0.717, 1.165) is 18.8 Å². The smallest absolute Gasteiger partial charge is 0.303 e. The highest BCUT2D eigenvalue weighted by atomic mass is 16.4. The maximum absolute atomic E-state index is 10.8. The van der Waals surface area contributed by atoms with Crippen molar-refractivity contribution in [3.63, 3.8) is 0 Å². The molecule has 0 bridgehead atoms. The Kier molecular flexibility index (Phi) is 21.3. The second-order valence-corrected chi connectivity index (χ2v) is 8.68. The fourth-order valence-corrected chi connectivity index (χ4v) is 4.11. The van der Waals surface area contributed by atoms with E-state index in [1.54, 1.807) is 0 Å². The van der Waals surface area contributed by atoms with Crippen LogP contribution in [-0.2, 0) is 4.79 Å². The molecule has 27 heavy (non-hydrogen) atoms. The van der Waals surface area contributed by atoms with Gasteiger partial charge in [-0.3, -0.25) is 4.79 Å². The first kappa shape index (κ1) is 26.5. The van der Waals surface area contributed by atoms with Gasteiger partial charge in [-0.15, -0.1) is 0 Å². The van der Waals surface area contributed by atoms with E-state index in [2.05, 4.69) is 13.8 Å². The van der Waals surface area contributed by atoms with Gasteiger partial charge in [0, 0.05) is 6.42 Å². The van der Waals surface area contributed by atoms with E-state index in [-0.39, 0.29) is 0 Å². The Morgan fingerprint density at radius 1 is 0.556 bits per heavy atom. The molecule has 2 heteroatoms. The van der Waals surface area contributed by atoms with Gasteiger partial charge < -0.3 is 5.11 Å². The Labute approximate surface area is 170 Å². The van der Waals surface area contributed by atoms with Crippen LogP contribution in [0.15, 0.2) is 0 Å². The monoisotopic (exact) mass is 382 g/mol. The van der Waals surface area contributed by atoms with Crippen LogP contribution in [0.3, 0.4) is 0 Å². The van der Waals surface area contributed by atoms with Crippen molar-refractivity contribution in [1.82, 2.24) is 0 Å². The van der Waals surface area contributed by atoms with E-state index in [1.807, 2.05) is 0 Å². The van der Waals surface area contributed by atoms with Crippen LogP contribution in [0.5, 0.6) is 0 Å². The molecule has 0 spiro atoms. The fourth-order valence-electron chi connectivity index (χ4n) is 4.11. The fraction of sp³-hybridized carbons (Fsp3) is 0.960. The molecule has 162 valence electrons. The summed E-state index contributed by atoms with van der Waals surface area (Å²) in [6.07, 6.45) is 27.2. The average molecular weight is 383 g/mol. The van der Waals surface area contributed by atoms with Crippen LogP contribution in [0.25, 0.3) is 0 Å². The van der Waals surface area contributed by atoms with Crippen molar-refractivity contribution in [2.24, 2.45) is 5.92 Å². The van der Waals surface area contributed by atoms with Crippen molar-refractivity contribution < 1.29 is 9.90 Å². The number of rotatable bonds is 22. The molecule has 0 saturated carbocycles. The summed E-state index contributed by atoms with van der Waals surface area (Å²) in [4.78, 5) is 10.8. The molecule has 0 aromatic heterocycles. The Hall–Kier alpha value is -0.530. The average Bonchev–Trinajstić information content (AvgIpc) is 2.65. The van der Waals surface area contributed by atoms with Gasteiger partial charge in [0.2, 0.25) is 0 Å². The second-order valence-electron chi connectivity index (χ2n) is 8.68. The molecule has 1 unspecified atom stereocenters. The second kappa shape index (κ2) is 21.8. The van der Waals surface area contributed by atoms with E-state index in [1.165, 1.54) is 116 Å². The minimum absolute atomic E-state index is 0.352. The molecular weight excluding hydrogens is 332 g/mol. The van der Waals surface area contributed by atoms with Gasteiger partial charge in [0.15, 0.2) is 0 Å². The Balaban J connectivity index is 3.65. The molecule has 0 amide bonds. The first-order valence-corrected chi connectivity index (χ1v) is 12.4. The SMILES string of the molecule is CCCCCCCCCCCCCC(CCCCCCC)CCCC(=O)O. The molecule has 0 aromatic carbocycles. The summed E-state index contributed by atoms with van der Waals surface area (Å²) >= 11 is 0. The lowest BCUT2D eigenvalue weighted by Crippen LogP contribution is -2.03. The maximum atomic E-state index is 10.8. The minimum atomic E-state index is -0.633. The van der Waals surface area contributed by atoms with Crippen molar-refractivity contribution >= 4 is 5.97 Å². The molecule has 0 saturated heterocycles. The Morgan fingerprint density at radius 2 is 0.889 bits per heavy atom. The number of hydrogen-bond acceptors (Lipinski definition) is 1. The molecule has 1 atom stereocenters. The van der Waals surface area contributed by atoms with Gasteiger partial charge in [-0.2, -0.15) is 0 Å². The lowest BCUT2D eigenvalue weighted by atomic mass is 9.90. The third-order valence-corrected chi connectivity index (χ3v) is 5.93. The number of aliphatic carboxylic acids is 1. The van der Waals surface area contributed by atoms with Crippen LogP contribution in [0.1, 0.15) is 149 Å². The zero-order chi connectivity index (χ0) is 20.0. The summed E-state index contributed by atoms with van der Waals surface area (Å²) in [6.45, 7) is 4.55. The summed E-state index contributed by atoms with van der Waals surface area (Å²) in [5.74, 6) is 0.135. The number of unbranched alkanes of at least 4 members (excludes halogenated alkanes) is 14. The lowest BCUT2D eigenvalue weighted by molar-refractivity contribution is -0.137. The van der Waals surface area contributed by atoms with Crippen molar-refractivity contribution in [2.75, 3.05) is 0 Å². The van der Waals surface area contributed by atoms with Crippen LogP contribution < -0.4 is 0 Å². The molecule has 0 rings (SSSR count). The van der Waals surface area contributed by atoms with Gasteiger partial charge in [0.05, 0.1) is 0 Å². The highest BCUT2D eigenvalue weighted by Gasteiger charge is 2.09. The Morgan fingerprint density at radius 3 is 1.26 bits per heavy atom. The van der Waals surface area contributed by atoms with Gasteiger partial charge in [-0.05, 0) is 18.8 Å². The van der Waals surface area contributed by atoms with Crippen LogP contribution in [-0.4, -0.2) is 11.1 Å². The molecule has 1 N–H and O–H groups in total. The van der Waals surface area contributed by atoms with Crippen LogP contribution in [0, 0.1) is 5.92 Å². The number of carboxylic acids is 1. The maximum Gasteiger partial charge on any atom is 0.303 e. The molecule has 0 aliphatic heterocycles. The van der Waals surface area contributed by atoms with Crippen LogP contribution in [0.4, 0.5) is 0 Å². The number of carboxylic acid groups (broad SMARTS) is 1. The molecule has 2 nitrogen and oxygen atoms in total. The predicted molar refractivity (Wildman–Crippen MR) is 119 cm³/mol. The summed E-state index contributed by atoms with van der Waals surface area (Å²) < 4.78 is 0. The zero-order valence-corrected chi connectivity index (χ0v) is 18.8. The van der Waals surface area contributed by atoms with Gasteiger partial charge in [0.25, 0.3) is 0 Å². The van der Waals surface area contributed by atoms with E-state index in [4.69, 9.17) is 5.11 Å². The van der Waals surface area contributed by atoms with Crippen molar-refractivity contribution in [3.05, 3.63) is 0 Å². The van der Waals surface area contributed by atoms with Gasteiger partial charge in [-0.25, -0.2) is 0 Å². The number of carbonyl (C=O) groups is 1. The largest absolute Gasteiger partial charge is 0.481 e. The zero-order valence-electron chi connectivity index (χ0n) is 18.8. The highest BCUT2D eigenvalue weighted by Crippen LogP contribution is 2.24. The molecule has 0 aromatic rings. The van der Waals surface area contributed by atoms with Gasteiger partial charge >= 0.3 is 5.97 Å².